The number of rotatable bonds is 37. The molecule has 0 aliphatic heterocycles. The molecule has 11 heteroatoms. The quantitative estimate of drug-likeness (QED) is 0.0162. The second-order valence-corrected chi connectivity index (χ2v) is 16.6. The number of hydrogen-bond donors (Lipinski definition) is 1. The Morgan fingerprint density at radius 3 is 1.91 bits per heavy atom. The van der Waals surface area contributed by atoms with Gasteiger partial charge in [-0.2, -0.15) is 0 Å². The van der Waals surface area contributed by atoms with Crippen LogP contribution in [0, 0.1) is 0 Å². The summed E-state index contributed by atoms with van der Waals surface area (Å²) in [5.74, 6) is -1.04. The number of allylic oxidation sites excluding steroid dienone is 12. The van der Waals surface area contributed by atoms with E-state index in [4.69, 9.17) is 18.5 Å². The van der Waals surface area contributed by atoms with Crippen LogP contribution < -0.4 is 4.89 Å². The summed E-state index contributed by atoms with van der Waals surface area (Å²) in [5.41, 5.74) is 0. The van der Waals surface area contributed by atoms with E-state index in [1.54, 1.807) is 18.2 Å². The molecule has 0 bridgehead atoms. The number of phosphoric ester groups is 1. The molecular formula is C46H78NO9P. The second-order valence-electron chi connectivity index (χ2n) is 15.2. The van der Waals surface area contributed by atoms with Gasteiger partial charge in [0.1, 0.15) is 19.8 Å². The second kappa shape index (κ2) is 37.4. The molecule has 0 saturated heterocycles. The Bertz CT molecular complexity index is 1260. The van der Waals surface area contributed by atoms with Crippen molar-refractivity contribution in [2.24, 2.45) is 0 Å². The summed E-state index contributed by atoms with van der Waals surface area (Å²) < 4.78 is 33.7. The largest absolute Gasteiger partial charge is 0.756 e. The van der Waals surface area contributed by atoms with E-state index < -0.39 is 38.6 Å². The first-order valence-electron chi connectivity index (χ1n) is 21.4. The van der Waals surface area contributed by atoms with Crippen LogP contribution in [0.25, 0.3) is 0 Å². The minimum atomic E-state index is -4.68. The van der Waals surface area contributed by atoms with Crippen LogP contribution >= 0.6 is 7.82 Å². The number of aliphatic hydroxyl groups is 1. The lowest BCUT2D eigenvalue weighted by Gasteiger charge is -2.28. The lowest BCUT2D eigenvalue weighted by molar-refractivity contribution is -0.870. The maximum Gasteiger partial charge on any atom is 0.306 e. The van der Waals surface area contributed by atoms with Gasteiger partial charge in [-0.1, -0.05) is 137 Å². The molecular weight excluding hydrogens is 741 g/mol. The van der Waals surface area contributed by atoms with Crippen LogP contribution in [0.4, 0.5) is 0 Å². The van der Waals surface area contributed by atoms with E-state index in [1.165, 1.54) is 25.7 Å². The zero-order valence-corrected chi connectivity index (χ0v) is 37.0. The highest BCUT2D eigenvalue weighted by atomic mass is 31.2. The Labute approximate surface area is 346 Å². The molecule has 0 aromatic rings. The molecule has 3 unspecified atom stereocenters. The Morgan fingerprint density at radius 1 is 0.667 bits per heavy atom. The number of ether oxygens (including phenoxy) is 2. The maximum absolute atomic E-state index is 12.6. The van der Waals surface area contributed by atoms with Gasteiger partial charge in [-0.3, -0.25) is 14.2 Å². The first-order valence-corrected chi connectivity index (χ1v) is 22.9. The van der Waals surface area contributed by atoms with E-state index >= 15 is 0 Å². The fourth-order valence-electron chi connectivity index (χ4n) is 5.11. The fraction of sp³-hybridized carbons (Fsp3) is 0.652. The molecule has 0 aliphatic carbocycles. The van der Waals surface area contributed by atoms with E-state index in [0.29, 0.717) is 30.3 Å². The monoisotopic (exact) mass is 820 g/mol. The normalized spacial score (nSPS) is 15.0. The number of phosphoric acid groups is 1. The number of hydrogen-bond acceptors (Lipinski definition) is 9. The van der Waals surface area contributed by atoms with E-state index in [2.05, 4.69) is 62.5 Å². The molecule has 0 saturated carbocycles. The van der Waals surface area contributed by atoms with Crippen LogP contribution in [-0.2, 0) is 32.7 Å². The van der Waals surface area contributed by atoms with Gasteiger partial charge in [0.05, 0.1) is 33.9 Å². The van der Waals surface area contributed by atoms with Gasteiger partial charge in [0.2, 0.25) is 0 Å². The van der Waals surface area contributed by atoms with Crippen molar-refractivity contribution >= 4 is 19.8 Å². The van der Waals surface area contributed by atoms with Crippen molar-refractivity contribution in [3.8, 4) is 0 Å². The molecule has 0 heterocycles. The molecule has 0 rings (SSSR count). The first kappa shape index (κ1) is 54.2. The van der Waals surface area contributed by atoms with Gasteiger partial charge in [-0.05, 0) is 70.6 Å². The van der Waals surface area contributed by atoms with Gasteiger partial charge in [0.15, 0.2) is 6.10 Å². The third-order valence-electron chi connectivity index (χ3n) is 8.49. The van der Waals surface area contributed by atoms with Crippen LogP contribution in [0.3, 0.4) is 0 Å². The summed E-state index contributed by atoms with van der Waals surface area (Å²) in [6, 6.07) is 0. The van der Waals surface area contributed by atoms with Gasteiger partial charge in [0.25, 0.3) is 7.82 Å². The number of nitrogens with zero attached hydrogens (tertiary/aromatic N) is 1. The molecule has 10 nitrogen and oxygen atoms in total. The summed E-state index contributed by atoms with van der Waals surface area (Å²) in [4.78, 5) is 37.5. The average molecular weight is 820 g/mol. The number of aliphatic hydroxyl groups excluding tert-OH is 1. The standard InChI is InChI=1S/C46H78NO9P/c1-6-8-10-12-14-16-18-20-22-24-26-28-31-35-43(48)36-32-30-34-38-46(50)56-44(42-55-57(51,52)54-40-39-47(3,4)5)41-53-45(49)37-33-29-27-25-23-21-19-17-15-13-11-9-7-2/h8,10,14,16-17,19-20,22,26,28,30-32,35,43-44,48H,6-7,9,11-13,15,18,21,23-25,27,29,33-34,36-42H2,1-5H3/b10-8-,16-14-,19-17-,22-20-,28-26-,32-30-,35-31+. The zero-order valence-electron chi connectivity index (χ0n) is 36.1. The summed E-state index contributed by atoms with van der Waals surface area (Å²) in [6.07, 6.45) is 43.6. The zero-order chi connectivity index (χ0) is 42.3. The molecule has 1 N–H and O–H groups in total. The number of carbonyl (C=O) groups is 2. The van der Waals surface area contributed by atoms with Crippen molar-refractivity contribution in [1.82, 2.24) is 0 Å². The molecule has 0 amide bonds. The van der Waals surface area contributed by atoms with Crippen molar-refractivity contribution in [3.05, 3.63) is 85.1 Å². The molecule has 57 heavy (non-hydrogen) atoms. The number of likely N-dealkylation sites (N-methyl/N-ethyl adjacent to an activating group) is 1. The number of unbranched alkanes of at least 4 members (excludes halogenated alkanes) is 9. The fourth-order valence-corrected chi connectivity index (χ4v) is 5.84. The average Bonchev–Trinajstić information content (AvgIpc) is 3.15. The van der Waals surface area contributed by atoms with Crippen molar-refractivity contribution in [2.45, 2.75) is 148 Å². The van der Waals surface area contributed by atoms with Crippen molar-refractivity contribution in [2.75, 3.05) is 47.5 Å². The van der Waals surface area contributed by atoms with Crippen LogP contribution in [0.2, 0.25) is 0 Å². The molecule has 3 atom stereocenters. The van der Waals surface area contributed by atoms with Crippen molar-refractivity contribution < 1.29 is 47.2 Å². The topological polar surface area (TPSA) is 131 Å². The van der Waals surface area contributed by atoms with Crippen LogP contribution in [0.15, 0.2) is 85.1 Å². The summed E-state index contributed by atoms with van der Waals surface area (Å²) in [7, 11) is 1.04. The molecule has 0 spiro atoms. The summed E-state index contributed by atoms with van der Waals surface area (Å²) >= 11 is 0. The van der Waals surface area contributed by atoms with Gasteiger partial charge in [-0.15, -0.1) is 0 Å². The smallest absolute Gasteiger partial charge is 0.306 e. The Kier molecular flexibility index (Phi) is 35.6. The molecule has 326 valence electrons. The van der Waals surface area contributed by atoms with Crippen molar-refractivity contribution in [3.63, 3.8) is 0 Å². The van der Waals surface area contributed by atoms with E-state index in [-0.39, 0.29) is 26.1 Å². The molecule has 0 fully saturated rings. The third-order valence-corrected chi connectivity index (χ3v) is 9.46. The molecule has 0 aromatic carbocycles. The van der Waals surface area contributed by atoms with Crippen LogP contribution in [0.1, 0.15) is 136 Å². The minimum Gasteiger partial charge on any atom is -0.756 e. The Balaban J connectivity index is 4.64. The number of carbonyl (C=O) groups excluding carboxylic acids is 2. The van der Waals surface area contributed by atoms with Crippen LogP contribution in [0.5, 0.6) is 0 Å². The highest BCUT2D eigenvalue weighted by Gasteiger charge is 2.21. The van der Waals surface area contributed by atoms with Gasteiger partial charge in [-0.25, -0.2) is 0 Å². The van der Waals surface area contributed by atoms with Gasteiger partial charge in [0, 0.05) is 12.8 Å². The van der Waals surface area contributed by atoms with E-state index in [1.807, 2.05) is 39.4 Å². The minimum absolute atomic E-state index is 0.0125. The Morgan fingerprint density at radius 2 is 1.26 bits per heavy atom. The maximum atomic E-state index is 12.6. The van der Waals surface area contributed by atoms with E-state index in [9.17, 15) is 24.2 Å². The first-order chi connectivity index (χ1) is 27.4. The highest BCUT2D eigenvalue weighted by molar-refractivity contribution is 7.45. The molecule has 0 radical (unpaired) electrons. The predicted octanol–water partition coefficient (Wildman–Crippen LogP) is 10.4. The lowest BCUT2D eigenvalue weighted by Crippen LogP contribution is -2.37. The Hall–Kier alpha value is -2.85. The van der Waals surface area contributed by atoms with Crippen LogP contribution in [-0.4, -0.2) is 81.2 Å². The number of esters is 2. The van der Waals surface area contributed by atoms with E-state index in [0.717, 1.165) is 64.2 Å². The predicted molar refractivity (Wildman–Crippen MR) is 232 cm³/mol. The highest BCUT2D eigenvalue weighted by Crippen LogP contribution is 2.38. The van der Waals surface area contributed by atoms with Gasteiger partial charge >= 0.3 is 11.9 Å². The SMILES string of the molecule is CC/C=C\C/C=C\C/C=C\C/C=C\C=C\C(O)C/C=C\CCC(=O)OC(COC(=O)CCCCCCC/C=C\CCCCCC)COP(=O)([O-])OCC[N+](C)(C)C. The van der Waals surface area contributed by atoms with Gasteiger partial charge < -0.3 is 33.0 Å². The molecule has 0 aliphatic rings. The lowest BCUT2D eigenvalue weighted by atomic mass is 10.1. The third kappa shape index (κ3) is 41.1. The molecule has 0 aromatic heterocycles. The van der Waals surface area contributed by atoms with Crippen molar-refractivity contribution in [1.29, 1.82) is 0 Å². The summed E-state index contributed by atoms with van der Waals surface area (Å²) in [5, 5.41) is 10.2. The number of quaternary nitrogens is 1. The summed E-state index contributed by atoms with van der Waals surface area (Å²) in [6.45, 7) is 3.85.